The number of halogens is 2. The number of aliphatic hydroxyl groups excluding tert-OH is 2. The van der Waals surface area contributed by atoms with E-state index in [0.717, 1.165) is 30.4 Å². The average Bonchev–Trinajstić information content (AvgIpc) is 2.83. The van der Waals surface area contributed by atoms with Crippen LogP contribution in [0.5, 0.6) is 5.75 Å². The normalized spacial score (nSPS) is 12.1. The molecule has 0 spiro atoms. The minimum Gasteiger partial charge on any atom is -0.508 e. The van der Waals surface area contributed by atoms with Crippen LogP contribution in [0.25, 0.3) is 0 Å². The van der Waals surface area contributed by atoms with E-state index in [1.807, 2.05) is 18.2 Å². The molecule has 0 radical (unpaired) electrons. The van der Waals surface area contributed by atoms with Crippen LogP contribution in [0.3, 0.4) is 0 Å². The fourth-order valence-electron chi connectivity index (χ4n) is 3.68. The van der Waals surface area contributed by atoms with Gasteiger partial charge in [-0.2, -0.15) is 0 Å². The predicted octanol–water partition coefficient (Wildman–Crippen LogP) is 5.21. The summed E-state index contributed by atoms with van der Waals surface area (Å²) in [4.78, 5) is 0. The van der Waals surface area contributed by atoms with Gasteiger partial charge in [0.05, 0.1) is 19.3 Å². The zero-order valence-electron chi connectivity index (χ0n) is 19.0. The van der Waals surface area contributed by atoms with E-state index in [9.17, 15) is 15.3 Å². The Morgan fingerprint density at radius 3 is 2.53 bits per heavy atom. The third kappa shape index (κ3) is 8.27. The van der Waals surface area contributed by atoms with Crippen LogP contribution in [-0.4, -0.2) is 35.0 Å². The number of hydrogen-bond acceptors (Lipinski definition) is 5. The van der Waals surface area contributed by atoms with Gasteiger partial charge in [0.15, 0.2) is 0 Å². The Balaban J connectivity index is 1.35. The van der Waals surface area contributed by atoms with Crippen LogP contribution in [0, 0.1) is 0 Å². The number of aromatic hydroxyl groups is 1. The lowest BCUT2D eigenvalue weighted by Crippen LogP contribution is -2.23. The number of aliphatic hydroxyl groups is 2. The number of phenols is 1. The molecule has 3 aromatic carbocycles. The third-order valence-electron chi connectivity index (χ3n) is 5.60. The molecule has 4 N–H and O–H groups in total. The topological polar surface area (TPSA) is 82.0 Å². The summed E-state index contributed by atoms with van der Waals surface area (Å²) in [5.41, 5.74) is 4.47. The van der Waals surface area contributed by atoms with E-state index >= 15 is 0 Å². The second-order valence-electron chi connectivity index (χ2n) is 8.23. The van der Waals surface area contributed by atoms with E-state index in [0.29, 0.717) is 47.5 Å². The van der Waals surface area contributed by atoms with Crippen molar-refractivity contribution in [3.05, 3.63) is 98.5 Å². The van der Waals surface area contributed by atoms with Gasteiger partial charge in [-0.25, -0.2) is 0 Å². The molecule has 0 aliphatic carbocycles. The molecular formula is C27H31Cl2NO4. The molecule has 0 heterocycles. The first kappa shape index (κ1) is 26.5. The lowest BCUT2D eigenvalue weighted by Gasteiger charge is -2.14. The van der Waals surface area contributed by atoms with Gasteiger partial charge in [0, 0.05) is 28.8 Å². The third-order valence-corrected chi connectivity index (χ3v) is 6.18. The van der Waals surface area contributed by atoms with Crippen molar-refractivity contribution < 1.29 is 20.1 Å². The standard InChI is InChI=1S/C27H31Cl2NO4/c28-24-8-6-21(25(29)15-24)5-2-12-34-18-20-4-1-3-19(13-20)10-11-30-16-27(33)22-7-9-26(32)23(14-22)17-31/h1,3-4,6-9,13-15,27,30-33H,2,5,10-12,16-18H2. The van der Waals surface area contributed by atoms with E-state index < -0.39 is 6.10 Å². The highest BCUT2D eigenvalue weighted by molar-refractivity contribution is 6.35. The van der Waals surface area contributed by atoms with Gasteiger partial charge in [0.1, 0.15) is 5.75 Å². The first-order valence-corrected chi connectivity index (χ1v) is 12.1. The number of hydrogen-bond donors (Lipinski definition) is 4. The number of ether oxygens (including phenoxy) is 1. The van der Waals surface area contributed by atoms with Crippen LogP contribution in [-0.2, 0) is 30.8 Å². The van der Waals surface area contributed by atoms with Crippen molar-refractivity contribution in [1.82, 2.24) is 5.32 Å². The highest BCUT2D eigenvalue weighted by atomic mass is 35.5. The van der Waals surface area contributed by atoms with Gasteiger partial charge in [0.25, 0.3) is 0 Å². The molecule has 3 aromatic rings. The Morgan fingerprint density at radius 2 is 1.74 bits per heavy atom. The summed E-state index contributed by atoms with van der Waals surface area (Å²) in [5.74, 6) is 0.0289. The van der Waals surface area contributed by atoms with Crippen LogP contribution in [0.15, 0.2) is 60.7 Å². The summed E-state index contributed by atoms with van der Waals surface area (Å²) in [6.07, 6.45) is 1.84. The molecule has 1 atom stereocenters. The summed E-state index contributed by atoms with van der Waals surface area (Å²) < 4.78 is 5.84. The second kappa shape index (κ2) is 13.7. The van der Waals surface area contributed by atoms with Crippen molar-refractivity contribution in [1.29, 1.82) is 0 Å². The molecule has 0 amide bonds. The summed E-state index contributed by atoms with van der Waals surface area (Å²) in [6.45, 7) is 2.04. The van der Waals surface area contributed by atoms with Gasteiger partial charge in [0.2, 0.25) is 0 Å². The quantitative estimate of drug-likeness (QED) is 0.241. The molecule has 0 aliphatic rings. The molecule has 3 rings (SSSR count). The molecule has 0 aromatic heterocycles. The van der Waals surface area contributed by atoms with Gasteiger partial charge >= 0.3 is 0 Å². The Kier molecular flexibility index (Phi) is 10.7. The Morgan fingerprint density at radius 1 is 0.912 bits per heavy atom. The average molecular weight is 504 g/mol. The van der Waals surface area contributed by atoms with Crippen LogP contribution in [0.1, 0.15) is 40.3 Å². The molecule has 0 aliphatic heterocycles. The molecule has 0 saturated heterocycles. The maximum absolute atomic E-state index is 10.4. The van der Waals surface area contributed by atoms with E-state index in [1.54, 1.807) is 18.2 Å². The first-order chi connectivity index (χ1) is 16.5. The molecule has 34 heavy (non-hydrogen) atoms. The fraction of sp³-hybridized carbons (Fsp3) is 0.333. The SMILES string of the molecule is OCc1cc(C(O)CNCCc2cccc(COCCCc3ccc(Cl)cc3Cl)c2)ccc1O. The zero-order valence-corrected chi connectivity index (χ0v) is 20.5. The van der Waals surface area contributed by atoms with Crippen LogP contribution >= 0.6 is 23.2 Å². The van der Waals surface area contributed by atoms with Gasteiger partial charge < -0.3 is 25.4 Å². The largest absolute Gasteiger partial charge is 0.508 e. The van der Waals surface area contributed by atoms with E-state index in [4.69, 9.17) is 27.9 Å². The molecule has 7 heteroatoms. The van der Waals surface area contributed by atoms with Crippen molar-refractivity contribution in [2.24, 2.45) is 0 Å². The number of rotatable bonds is 13. The highest BCUT2D eigenvalue weighted by Crippen LogP contribution is 2.23. The molecule has 5 nitrogen and oxygen atoms in total. The monoisotopic (exact) mass is 503 g/mol. The van der Waals surface area contributed by atoms with Crippen molar-refractivity contribution in [2.75, 3.05) is 19.7 Å². The summed E-state index contributed by atoms with van der Waals surface area (Å²) >= 11 is 12.1. The second-order valence-corrected chi connectivity index (χ2v) is 9.07. The van der Waals surface area contributed by atoms with Crippen LogP contribution < -0.4 is 5.32 Å². The fourth-order valence-corrected chi connectivity index (χ4v) is 4.19. The van der Waals surface area contributed by atoms with Gasteiger partial charge in [-0.15, -0.1) is 0 Å². The van der Waals surface area contributed by atoms with Gasteiger partial charge in [-0.1, -0.05) is 59.6 Å². The van der Waals surface area contributed by atoms with Crippen molar-refractivity contribution in [3.8, 4) is 5.75 Å². The van der Waals surface area contributed by atoms with Gasteiger partial charge in [-0.3, -0.25) is 0 Å². The number of benzene rings is 3. The Hall–Kier alpha value is -2.12. The first-order valence-electron chi connectivity index (χ1n) is 11.4. The minimum absolute atomic E-state index is 0.0289. The smallest absolute Gasteiger partial charge is 0.121 e. The molecule has 0 saturated carbocycles. The lowest BCUT2D eigenvalue weighted by molar-refractivity contribution is 0.118. The van der Waals surface area contributed by atoms with Gasteiger partial charge in [-0.05, 0) is 72.3 Å². The van der Waals surface area contributed by atoms with Crippen LogP contribution in [0.2, 0.25) is 10.0 Å². The maximum Gasteiger partial charge on any atom is 0.121 e. The van der Waals surface area contributed by atoms with E-state index in [-0.39, 0.29) is 12.4 Å². The lowest BCUT2D eigenvalue weighted by atomic mass is 10.0. The summed E-state index contributed by atoms with van der Waals surface area (Å²) in [7, 11) is 0. The Bertz CT molecular complexity index is 1060. The number of nitrogens with one attached hydrogen (secondary N) is 1. The summed E-state index contributed by atoms with van der Waals surface area (Å²) in [5, 5.41) is 33.9. The zero-order chi connectivity index (χ0) is 24.3. The predicted molar refractivity (Wildman–Crippen MR) is 136 cm³/mol. The van der Waals surface area contributed by atoms with Crippen molar-refractivity contribution in [3.63, 3.8) is 0 Å². The van der Waals surface area contributed by atoms with Crippen molar-refractivity contribution >= 4 is 23.2 Å². The number of aryl methyl sites for hydroxylation is 1. The Labute approximate surface area is 210 Å². The molecule has 0 fully saturated rings. The van der Waals surface area contributed by atoms with Crippen LogP contribution in [0.4, 0.5) is 0 Å². The maximum atomic E-state index is 10.4. The van der Waals surface area contributed by atoms with Crippen molar-refractivity contribution in [2.45, 2.75) is 38.6 Å². The minimum atomic E-state index is -0.714. The molecular weight excluding hydrogens is 473 g/mol. The molecule has 0 bridgehead atoms. The highest BCUT2D eigenvalue weighted by Gasteiger charge is 2.10. The summed E-state index contributed by atoms with van der Waals surface area (Å²) in [6, 6.07) is 18.7. The van der Waals surface area contributed by atoms with E-state index in [2.05, 4.69) is 23.5 Å². The molecule has 182 valence electrons. The van der Waals surface area contributed by atoms with E-state index in [1.165, 1.54) is 11.6 Å². The molecule has 1 unspecified atom stereocenters.